The van der Waals surface area contributed by atoms with Gasteiger partial charge in [0.2, 0.25) is 0 Å². The minimum absolute atomic E-state index is 0.692. The Morgan fingerprint density at radius 2 is 1.62 bits per heavy atom. The van der Waals surface area contributed by atoms with Crippen molar-refractivity contribution in [3.8, 4) is 17.2 Å². The van der Waals surface area contributed by atoms with Crippen molar-refractivity contribution < 1.29 is 9.47 Å². The minimum atomic E-state index is 0.692. The van der Waals surface area contributed by atoms with Crippen molar-refractivity contribution in [2.45, 2.75) is 19.9 Å². The molecule has 3 rings (SSSR count). The highest BCUT2D eigenvalue weighted by Gasteiger charge is 2.05. The maximum Gasteiger partial charge on any atom is 0.127 e. The molecule has 0 unspecified atom stereocenters. The second-order valence-corrected chi connectivity index (χ2v) is 6.81. The molecule has 0 radical (unpaired) electrons. The van der Waals surface area contributed by atoms with Crippen LogP contribution in [-0.2, 0) is 6.54 Å². The van der Waals surface area contributed by atoms with Crippen molar-refractivity contribution in [2.24, 2.45) is 0 Å². The molecule has 0 aliphatic heterocycles. The van der Waals surface area contributed by atoms with E-state index in [1.807, 2.05) is 66.7 Å². The van der Waals surface area contributed by atoms with Crippen LogP contribution < -0.4 is 14.8 Å². The summed E-state index contributed by atoms with van der Waals surface area (Å²) in [6.07, 6.45) is 0.992. The van der Waals surface area contributed by atoms with E-state index in [1.165, 1.54) is 0 Å². The number of anilines is 1. The first kappa shape index (κ1) is 18.3. The Bertz CT molecular complexity index is 819. The number of ether oxygens (including phenoxy) is 2. The highest BCUT2D eigenvalue weighted by molar-refractivity contribution is 9.10. The van der Waals surface area contributed by atoms with Crippen LogP contribution in [0.25, 0.3) is 0 Å². The van der Waals surface area contributed by atoms with Crippen LogP contribution in [0.15, 0.2) is 77.3 Å². The molecular formula is C22H22BrNO2. The number of benzene rings is 3. The van der Waals surface area contributed by atoms with Gasteiger partial charge in [-0.15, -0.1) is 0 Å². The predicted octanol–water partition coefficient (Wildman–Crippen LogP) is 6.64. The smallest absolute Gasteiger partial charge is 0.127 e. The van der Waals surface area contributed by atoms with Gasteiger partial charge in [0.15, 0.2) is 0 Å². The van der Waals surface area contributed by atoms with Crippen LogP contribution in [0.5, 0.6) is 17.2 Å². The average Bonchev–Trinajstić information content (AvgIpc) is 2.67. The van der Waals surface area contributed by atoms with E-state index >= 15 is 0 Å². The Kier molecular flexibility index (Phi) is 6.56. The summed E-state index contributed by atoms with van der Waals surface area (Å²) < 4.78 is 12.7. The molecule has 0 aromatic heterocycles. The van der Waals surface area contributed by atoms with Gasteiger partial charge in [0, 0.05) is 22.3 Å². The summed E-state index contributed by atoms with van der Waals surface area (Å²) in [7, 11) is 0. The van der Waals surface area contributed by atoms with E-state index in [4.69, 9.17) is 9.47 Å². The molecular weight excluding hydrogens is 390 g/mol. The van der Waals surface area contributed by atoms with Crippen molar-refractivity contribution in [3.63, 3.8) is 0 Å². The third kappa shape index (κ3) is 5.27. The van der Waals surface area contributed by atoms with Gasteiger partial charge in [-0.1, -0.05) is 41.1 Å². The second-order valence-electron chi connectivity index (χ2n) is 5.89. The van der Waals surface area contributed by atoms with E-state index in [9.17, 15) is 0 Å². The summed E-state index contributed by atoms with van der Waals surface area (Å²) in [6, 6.07) is 23.8. The number of para-hydroxylation sites is 1. The molecule has 0 atom stereocenters. The van der Waals surface area contributed by atoms with Gasteiger partial charge in [0.25, 0.3) is 0 Å². The van der Waals surface area contributed by atoms with Crippen molar-refractivity contribution in [3.05, 3.63) is 82.8 Å². The monoisotopic (exact) mass is 411 g/mol. The quantitative estimate of drug-likeness (QED) is 0.450. The number of nitrogens with one attached hydrogen (secondary N) is 1. The van der Waals surface area contributed by atoms with Crippen LogP contribution in [-0.4, -0.2) is 6.61 Å². The molecule has 0 saturated carbocycles. The van der Waals surface area contributed by atoms with Crippen LogP contribution in [0.3, 0.4) is 0 Å². The highest BCUT2D eigenvalue weighted by atomic mass is 79.9. The van der Waals surface area contributed by atoms with Crippen molar-refractivity contribution >= 4 is 21.6 Å². The number of halogens is 1. The predicted molar refractivity (Wildman–Crippen MR) is 110 cm³/mol. The molecule has 0 fully saturated rings. The Balaban J connectivity index is 1.62. The Hall–Kier alpha value is -2.46. The lowest BCUT2D eigenvalue weighted by molar-refractivity contribution is 0.314. The van der Waals surface area contributed by atoms with Crippen molar-refractivity contribution in [1.82, 2.24) is 0 Å². The lowest BCUT2D eigenvalue weighted by atomic mass is 10.2. The maximum absolute atomic E-state index is 5.83. The van der Waals surface area contributed by atoms with Gasteiger partial charge in [0.05, 0.1) is 6.61 Å². The largest absolute Gasteiger partial charge is 0.493 e. The molecule has 0 aliphatic carbocycles. The van der Waals surface area contributed by atoms with Crippen molar-refractivity contribution in [2.75, 3.05) is 11.9 Å². The fourth-order valence-corrected chi connectivity index (χ4v) is 2.91. The van der Waals surface area contributed by atoms with E-state index < -0.39 is 0 Å². The van der Waals surface area contributed by atoms with Crippen molar-refractivity contribution in [1.29, 1.82) is 0 Å². The number of hydrogen-bond donors (Lipinski definition) is 1. The van der Waals surface area contributed by atoms with Gasteiger partial charge < -0.3 is 14.8 Å². The van der Waals surface area contributed by atoms with Gasteiger partial charge in [-0.3, -0.25) is 0 Å². The van der Waals surface area contributed by atoms with Gasteiger partial charge in [-0.25, -0.2) is 0 Å². The molecule has 1 N–H and O–H groups in total. The van der Waals surface area contributed by atoms with E-state index in [0.717, 1.165) is 46.0 Å². The Morgan fingerprint density at radius 3 is 2.35 bits per heavy atom. The average molecular weight is 412 g/mol. The lowest BCUT2D eigenvalue weighted by Crippen LogP contribution is -2.04. The molecule has 26 heavy (non-hydrogen) atoms. The molecule has 0 spiro atoms. The third-order valence-corrected chi connectivity index (χ3v) is 4.29. The topological polar surface area (TPSA) is 30.5 Å². The lowest BCUT2D eigenvalue weighted by Gasteiger charge is -2.13. The summed E-state index contributed by atoms with van der Waals surface area (Å²) >= 11 is 3.53. The summed E-state index contributed by atoms with van der Waals surface area (Å²) in [5.41, 5.74) is 2.16. The normalized spacial score (nSPS) is 10.4. The fraction of sp³-hybridized carbons (Fsp3) is 0.182. The summed E-state index contributed by atoms with van der Waals surface area (Å²) in [5.74, 6) is 2.57. The highest BCUT2D eigenvalue weighted by Crippen LogP contribution is 2.26. The molecule has 0 saturated heterocycles. The zero-order chi connectivity index (χ0) is 18.2. The Labute approximate surface area is 163 Å². The molecule has 0 amide bonds. The maximum atomic E-state index is 5.83. The van der Waals surface area contributed by atoms with Crippen LogP contribution in [0, 0.1) is 0 Å². The van der Waals surface area contributed by atoms with E-state index in [2.05, 4.69) is 34.2 Å². The van der Waals surface area contributed by atoms with Gasteiger partial charge in [0.1, 0.15) is 17.2 Å². The first-order valence-corrected chi connectivity index (χ1v) is 9.52. The van der Waals surface area contributed by atoms with E-state index in [1.54, 1.807) is 0 Å². The standard InChI is InChI=1S/C22H22BrNO2/c1-2-14-25-22-13-8-18(23)15-17(22)16-24-19-9-11-21(12-10-19)26-20-6-4-3-5-7-20/h3-13,15,24H,2,14,16H2,1H3. The molecule has 0 bridgehead atoms. The molecule has 134 valence electrons. The molecule has 3 aromatic rings. The van der Waals surface area contributed by atoms with E-state index in [0.29, 0.717) is 6.54 Å². The molecule has 0 heterocycles. The van der Waals surface area contributed by atoms with Gasteiger partial charge in [-0.05, 0) is 61.0 Å². The van der Waals surface area contributed by atoms with Crippen LogP contribution in [0.2, 0.25) is 0 Å². The summed E-state index contributed by atoms with van der Waals surface area (Å²) in [5, 5.41) is 3.44. The summed E-state index contributed by atoms with van der Waals surface area (Å²) in [6.45, 7) is 3.52. The first-order chi connectivity index (χ1) is 12.7. The summed E-state index contributed by atoms with van der Waals surface area (Å²) in [4.78, 5) is 0. The Morgan fingerprint density at radius 1 is 0.885 bits per heavy atom. The zero-order valence-corrected chi connectivity index (χ0v) is 16.3. The van der Waals surface area contributed by atoms with Crippen LogP contribution in [0.1, 0.15) is 18.9 Å². The third-order valence-electron chi connectivity index (χ3n) is 3.80. The zero-order valence-electron chi connectivity index (χ0n) is 14.7. The molecule has 3 aromatic carbocycles. The molecule has 4 heteroatoms. The number of hydrogen-bond acceptors (Lipinski definition) is 3. The molecule has 3 nitrogen and oxygen atoms in total. The van der Waals surface area contributed by atoms with Gasteiger partial charge in [-0.2, -0.15) is 0 Å². The van der Waals surface area contributed by atoms with E-state index in [-0.39, 0.29) is 0 Å². The fourth-order valence-electron chi connectivity index (χ4n) is 2.50. The minimum Gasteiger partial charge on any atom is -0.493 e. The van der Waals surface area contributed by atoms with Crippen LogP contribution in [0.4, 0.5) is 5.69 Å². The second kappa shape index (κ2) is 9.30. The molecule has 0 aliphatic rings. The van der Waals surface area contributed by atoms with Gasteiger partial charge >= 0.3 is 0 Å². The van der Waals surface area contributed by atoms with Crippen LogP contribution >= 0.6 is 15.9 Å². The SMILES string of the molecule is CCCOc1ccc(Br)cc1CNc1ccc(Oc2ccccc2)cc1. The first-order valence-electron chi connectivity index (χ1n) is 8.72. The number of rotatable bonds is 8.